The molecule has 1 aliphatic rings. The molecule has 0 amide bonds. The number of benzene rings is 1. The molecule has 0 spiro atoms. The molecule has 0 saturated heterocycles. The summed E-state index contributed by atoms with van der Waals surface area (Å²) < 4.78 is 1.26. The number of hydrogen-bond acceptors (Lipinski definition) is 2. The molecular formula is C12H16BrNS. The van der Waals surface area contributed by atoms with E-state index in [1.54, 1.807) is 0 Å². The maximum absolute atomic E-state index is 3.65. The van der Waals surface area contributed by atoms with Crippen molar-refractivity contribution in [2.75, 3.05) is 12.3 Å². The highest BCUT2D eigenvalue weighted by atomic mass is 79.9. The van der Waals surface area contributed by atoms with E-state index in [9.17, 15) is 0 Å². The van der Waals surface area contributed by atoms with E-state index in [2.05, 4.69) is 46.4 Å². The number of rotatable bonds is 2. The van der Waals surface area contributed by atoms with E-state index in [1.165, 1.54) is 27.8 Å². The fraction of sp³-hybridized carbons (Fsp3) is 0.500. The lowest BCUT2D eigenvalue weighted by atomic mass is 9.99. The van der Waals surface area contributed by atoms with Crippen LogP contribution in [0.15, 0.2) is 22.7 Å². The molecule has 1 nitrogen and oxygen atoms in total. The third kappa shape index (κ3) is 2.58. The molecule has 0 fully saturated rings. The summed E-state index contributed by atoms with van der Waals surface area (Å²) in [6.45, 7) is 3.22. The topological polar surface area (TPSA) is 12.0 Å². The lowest BCUT2D eigenvalue weighted by molar-refractivity contribution is 0.540. The summed E-state index contributed by atoms with van der Waals surface area (Å²) in [7, 11) is 0. The lowest BCUT2D eigenvalue weighted by Gasteiger charge is -2.18. The molecule has 1 N–H and O–H groups in total. The van der Waals surface area contributed by atoms with Gasteiger partial charge in [-0.3, -0.25) is 0 Å². The first-order chi connectivity index (χ1) is 7.33. The quantitative estimate of drug-likeness (QED) is 0.889. The van der Waals surface area contributed by atoms with E-state index in [1.807, 2.05) is 11.8 Å². The molecule has 0 radical (unpaired) electrons. The van der Waals surface area contributed by atoms with Gasteiger partial charge in [0.1, 0.15) is 0 Å². The van der Waals surface area contributed by atoms with Gasteiger partial charge in [0, 0.05) is 16.3 Å². The van der Waals surface area contributed by atoms with Crippen molar-refractivity contribution in [1.29, 1.82) is 0 Å². The molecule has 0 bridgehead atoms. The van der Waals surface area contributed by atoms with Gasteiger partial charge in [-0.25, -0.2) is 0 Å². The zero-order valence-corrected chi connectivity index (χ0v) is 11.3. The Kier molecular flexibility index (Phi) is 4.12. The fourth-order valence-electron chi connectivity index (χ4n) is 2.04. The Balaban J connectivity index is 2.36. The molecule has 0 aromatic heterocycles. The third-order valence-electron chi connectivity index (χ3n) is 2.78. The van der Waals surface area contributed by atoms with Crippen molar-refractivity contribution >= 4 is 27.7 Å². The van der Waals surface area contributed by atoms with E-state index in [0.29, 0.717) is 6.04 Å². The third-order valence-corrected chi connectivity index (χ3v) is 4.54. The van der Waals surface area contributed by atoms with Crippen molar-refractivity contribution in [3.05, 3.63) is 33.8 Å². The zero-order valence-electron chi connectivity index (χ0n) is 8.92. The van der Waals surface area contributed by atoms with Crippen molar-refractivity contribution in [1.82, 2.24) is 5.32 Å². The minimum Gasteiger partial charge on any atom is -0.310 e. The highest BCUT2D eigenvalue weighted by molar-refractivity contribution is 9.10. The van der Waals surface area contributed by atoms with Crippen LogP contribution in [-0.4, -0.2) is 12.3 Å². The Bertz CT molecular complexity index is 340. The molecule has 1 aliphatic heterocycles. The molecule has 1 heterocycles. The number of fused-ring (bicyclic) bond motifs is 1. The maximum atomic E-state index is 3.65. The highest BCUT2D eigenvalue weighted by Gasteiger charge is 2.19. The predicted octanol–water partition coefficient (Wildman–Crippen LogP) is 3.74. The zero-order chi connectivity index (χ0) is 10.7. The molecule has 1 aromatic rings. The summed E-state index contributed by atoms with van der Waals surface area (Å²) in [5.74, 6) is 2.39. The van der Waals surface area contributed by atoms with Crippen molar-refractivity contribution in [2.45, 2.75) is 25.1 Å². The molecule has 0 aliphatic carbocycles. The Labute approximate surface area is 104 Å². The van der Waals surface area contributed by atoms with Crippen LogP contribution in [0.25, 0.3) is 0 Å². The van der Waals surface area contributed by atoms with Crippen LogP contribution >= 0.6 is 27.7 Å². The van der Waals surface area contributed by atoms with Crippen LogP contribution in [-0.2, 0) is 5.75 Å². The average molecular weight is 286 g/mol. The van der Waals surface area contributed by atoms with Gasteiger partial charge in [-0.2, -0.15) is 11.8 Å². The molecule has 0 saturated carbocycles. The normalized spacial score (nSPS) is 20.8. The molecule has 2 rings (SSSR count). The van der Waals surface area contributed by atoms with E-state index in [4.69, 9.17) is 0 Å². The Morgan fingerprint density at radius 1 is 1.53 bits per heavy atom. The SMILES string of the molecule is CCNC1CCSCc2c(Br)cccc21. The van der Waals surface area contributed by atoms with Gasteiger partial charge in [-0.15, -0.1) is 0 Å². The van der Waals surface area contributed by atoms with Gasteiger partial charge in [0.15, 0.2) is 0 Å². The second kappa shape index (κ2) is 5.37. The average Bonchev–Trinajstić information content (AvgIpc) is 2.43. The Morgan fingerprint density at radius 2 is 2.40 bits per heavy atom. The van der Waals surface area contributed by atoms with Gasteiger partial charge >= 0.3 is 0 Å². The second-order valence-electron chi connectivity index (χ2n) is 3.76. The predicted molar refractivity (Wildman–Crippen MR) is 71.3 cm³/mol. The van der Waals surface area contributed by atoms with Crippen LogP contribution in [0, 0.1) is 0 Å². The Morgan fingerprint density at radius 3 is 3.20 bits per heavy atom. The lowest BCUT2D eigenvalue weighted by Crippen LogP contribution is -2.21. The number of nitrogens with one attached hydrogen (secondary N) is 1. The number of hydrogen-bond donors (Lipinski definition) is 1. The van der Waals surface area contributed by atoms with Gasteiger partial charge in [0.05, 0.1) is 0 Å². The smallest absolute Gasteiger partial charge is 0.0331 e. The van der Waals surface area contributed by atoms with Crippen LogP contribution in [0.1, 0.15) is 30.5 Å². The minimum absolute atomic E-state index is 0.539. The van der Waals surface area contributed by atoms with Crippen LogP contribution in [0.5, 0.6) is 0 Å². The molecule has 82 valence electrons. The summed E-state index contributed by atoms with van der Waals surface area (Å²) in [6, 6.07) is 7.09. The molecule has 3 heteroatoms. The first-order valence-electron chi connectivity index (χ1n) is 5.41. The minimum atomic E-state index is 0.539. The molecular weight excluding hydrogens is 270 g/mol. The van der Waals surface area contributed by atoms with E-state index in [0.717, 1.165) is 12.3 Å². The maximum Gasteiger partial charge on any atom is 0.0331 e. The van der Waals surface area contributed by atoms with Crippen molar-refractivity contribution in [3.8, 4) is 0 Å². The largest absolute Gasteiger partial charge is 0.310 e. The van der Waals surface area contributed by atoms with Crippen LogP contribution in [0.3, 0.4) is 0 Å². The molecule has 15 heavy (non-hydrogen) atoms. The van der Waals surface area contributed by atoms with E-state index < -0.39 is 0 Å². The van der Waals surface area contributed by atoms with Crippen molar-refractivity contribution in [2.24, 2.45) is 0 Å². The molecule has 1 aromatic carbocycles. The van der Waals surface area contributed by atoms with Crippen LogP contribution in [0.4, 0.5) is 0 Å². The first-order valence-corrected chi connectivity index (χ1v) is 7.36. The second-order valence-corrected chi connectivity index (χ2v) is 5.72. The number of halogens is 1. The Hall–Kier alpha value is 0.0100. The van der Waals surface area contributed by atoms with E-state index >= 15 is 0 Å². The first kappa shape index (κ1) is 11.5. The van der Waals surface area contributed by atoms with Gasteiger partial charge in [0.25, 0.3) is 0 Å². The summed E-state index contributed by atoms with van der Waals surface area (Å²) in [5, 5.41) is 3.57. The van der Waals surface area contributed by atoms with Gasteiger partial charge in [-0.1, -0.05) is 35.0 Å². The summed E-state index contributed by atoms with van der Waals surface area (Å²) in [4.78, 5) is 0. The van der Waals surface area contributed by atoms with Gasteiger partial charge < -0.3 is 5.32 Å². The van der Waals surface area contributed by atoms with Crippen molar-refractivity contribution < 1.29 is 0 Å². The highest BCUT2D eigenvalue weighted by Crippen LogP contribution is 2.34. The van der Waals surface area contributed by atoms with Gasteiger partial charge in [0.2, 0.25) is 0 Å². The molecule has 1 unspecified atom stereocenters. The van der Waals surface area contributed by atoms with Crippen LogP contribution < -0.4 is 5.32 Å². The standard InChI is InChI=1S/C12H16BrNS/c1-2-14-12-6-7-15-8-10-9(12)4-3-5-11(10)13/h3-5,12,14H,2,6-8H2,1H3. The number of thioether (sulfide) groups is 1. The van der Waals surface area contributed by atoms with Crippen molar-refractivity contribution in [3.63, 3.8) is 0 Å². The summed E-state index contributed by atoms with van der Waals surface area (Å²) in [5.41, 5.74) is 2.96. The van der Waals surface area contributed by atoms with E-state index in [-0.39, 0.29) is 0 Å². The fourth-order valence-corrected chi connectivity index (χ4v) is 3.82. The summed E-state index contributed by atoms with van der Waals surface area (Å²) in [6.07, 6.45) is 1.24. The van der Waals surface area contributed by atoms with Gasteiger partial charge in [-0.05, 0) is 35.9 Å². The summed E-state index contributed by atoms with van der Waals surface area (Å²) >= 11 is 5.69. The molecule has 1 atom stereocenters. The van der Waals surface area contributed by atoms with Crippen LogP contribution in [0.2, 0.25) is 0 Å². The monoisotopic (exact) mass is 285 g/mol.